The lowest BCUT2D eigenvalue weighted by molar-refractivity contribution is 0.495. The Balaban J connectivity index is 2.08. The molecule has 1 unspecified atom stereocenters. The average molecular weight is 264 g/mol. The number of hydrogen-bond acceptors (Lipinski definition) is 3. The Hall–Kier alpha value is -1.26. The molecule has 0 aliphatic rings. The molecule has 1 heterocycles. The molecule has 0 spiro atoms. The molecule has 2 nitrogen and oxygen atoms in total. The molecule has 1 N–H and O–H groups in total. The minimum absolute atomic E-state index is 0.109. The number of benzene rings is 1. The van der Waals surface area contributed by atoms with E-state index in [4.69, 9.17) is 0 Å². The fraction of sp³-hybridized carbons (Fsp3) is 0.357. The van der Waals surface area contributed by atoms with Gasteiger partial charge in [0.05, 0.1) is 11.2 Å². The second-order valence-electron chi connectivity index (χ2n) is 4.47. The van der Waals surface area contributed by atoms with Crippen LogP contribution < -0.4 is 5.32 Å². The number of nitrogens with zero attached hydrogens (tertiary/aromatic N) is 1. The number of nitrogens with one attached hydrogen (secondary N) is 1. The van der Waals surface area contributed by atoms with E-state index in [1.807, 2.05) is 25.4 Å². The third-order valence-electron chi connectivity index (χ3n) is 3.02. The summed E-state index contributed by atoms with van der Waals surface area (Å²) in [7, 11) is 0. The molecule has 2 rings (SSSR count). The molecule has 2 aromatic rings. The third kappa shape index (κ3) is 2.94. The monoisotopic (exact) mass is 264 g/mol. The summed E-state index contributed by atoms with van der Waals surface area (Å²) < 4.78 is 13.2. The van der Waals surface area contributed by atoms with Crippen LogP contribution in [0.3, 0.4) is 0 Å². The van der Waals surface area contributed by atoms with Gasteiger partial charge in [-0.3, -0.25) is 0 Å². The van der Waals surface area contributed by atoms with E-state index in [9.17, 15) is 4.39 Å². The van der Waals surface area contributed by atoms with Gasteiger partial charge in [-0.05, 0) is 38.5 Å². The Labute approximate surface area is 111 Å². The maximum atomic E-state index is 13.2. The van der Waals surface area contributed by atoms with Gasteiger partial charge in [-0.25, -0.2) is 9.37 Å². The van der Waals surface area contributed by atoms with Gasteiger partial charge in [0.15, 0.2) is 0 Å². The molecule has 1 aromatic carbocycles. The van der Waals surface area contributed by atoms with E-state index in [1.54, 1.807) is 23.5 Å². The average Bonchev–Trinajstić information content (AvgIpc) is 2.75. The van der Waals surface area contributed by atoms with Crippen molar-refractivity contribution in [2.75, 3.05) is 0 Å². The van der Waals surface area contributed by atoms with Gasteiger partial charge in [0, 0.05) is 17.0 Å². The number of rotatable bonds is 4. The zero-order chi connectivity index (χ0) is 13.1. The van der Waals surface area contributed by atoms with Crippen molar-refractivity contribution in [3.05, 3.63) is 51.7 Å². The summed E-state index contributed by atoms with van der Waals surface area (Å²) >= 11 is 1.65. The summed E-state index contributed by atoms with van der Waals surface area (Å²) in [5.74, 6) is -0.192. The Morgan fingerprint density at radius 3 is 2.67 bits per heavy atom. The molecule has 0 aliphatic heterocycles. The van der Waals surface area contributed by atoms with Crippen LogP contribution in [0, 0.1) is 12.7 Å². The maximum Gasteiger partial charge on any atom is 0.123 e. The zero-order valence-corrected chi connectivity index (χ0v) is 11.6. The largest absolute Gasteiger partial charge is 0.303 e. The second-order valence-corrected chi connectivity index (χ2v) is 5.35. The Morgan fingerprint density at radius 1 is 1.28 bits per heavy atom. The topological polar surface area (TPSA) is 24.9 Å². The van der Waals surface area contributed by atoms with Crippen LogP contribution in [0.25, 0.3) is 0 Å². The molecule has 18 heavy (non-hydrogen) atoms. The van der Waals surface area contributed by atoms with E-state index < -0.39 is 0 Å². The van der Waals surface area contributed by atoms with Gasteiger partial charge in [-0.1, -0.05) is 12.1 Å². The first-order valence-electron chi connectivity index (χ1n) is 5.99. The van der Waals surface area contributed by atoms with Crippen molar-refractivity contribution < 1.29 is 4.39 Å². The lowest BCUT2D eigenvalue weighted by Gasteiger charge is -2.20. The zero-order valence-electron chi connectivity index (χ0n) is 10.8. The molecule has 0 radical (unpaired) electrons. The minimum atomic E-state index is -0.192. The summed E-state index contributed by atoms with van der Waals surface area (Å²) in [6.07, 6.45) is 0. The molecule has 0 saturated carbocycles. The number of halogens is 1. The van der Waals surface area contributed by atoms with E-state index in [-0.39, 0.29) is 17.9 Å². The van der Waals surface area contributed by atoms with Crippen molar-refractivity contribution in [2.24, 2.45) is 0 Å². The molecule has 4 heteroatoms. The molecule has 1 aromatic heterocycles. The van der Waals surface area contributed by atoms with Crippen LogP contribution in [-0.2, 0) is 0 Å². The van der Waals surface area contributed by atoms with Gasteiger partial charge in [0.25, 0.3) is 0 Å². The Morgan fingerprint density at radius 2 is 2.06 bits per heavy atom. The van der Waals surface area contributed by atoms with Crippen LogP contribution in [0.2, 0.25) is 0 Å². The molecule has 0 aliphatic carbocycles. The van der Waals surface area contributed by atoms with E-state index in [2.05, 4.69) is 17.2 Å². The highest BCUT2D eigenvalue weighted by molar-refractivity contribution is 7.09. The van der Waals surface area contributed by atoms with Crippen LogP contribution in [0.1, 0.15) is 42.1 Å². The first-order chi connectivity index (χ1) is 8.58. The molecular formula is C14H17FN2S. The lowest BCUT2D eigenvalue weighted by Crippen LogP contribution is -2.22. The van der Waals surface area contributed by atoms with Gasteiger partial charge in [0.1, 0.15) is 5.82 Å². The summed E-state index contributed by atoms with van der Waals surface area (Å²) in [6.45, 7) is 6.16. The standard InChI is InChI=1S/C14H17FN2S/c1-9(12-5-4-6-13(15)7-12)17-11(3)14-10(2)16-8-18-14/h4-9,11,17H,1-3H3/t9-,11?/m0/s1. The van der Waals surface area contributed by atoms with E-state index >= 15 is 0 Å². The van der Waals surface area contributed by atoms with Crippen molar-refractivity contribution in [3.8, 4) is 0 Å². The van der Waals surface area contributed by atoms with Crippen molar-refractivity contribution in [1.29, 1.82) is 0 Å². The fourth-order valence-corrected chi connectivity index (χ4v) is 2.87. The third-order valence-corrected chi connectivity index (χ3v) is 4.14. The normalized spacial score (nSPS) is 14.4. The quantitative estimate of drug-likeness (QED) is 0.902. The summed E-state index contributed by atoms with van der Waals surface area (Å²) in [5.41, 5.74) is 3.88. The highest BCUT2D eigenvalue weighted by atomic mass is 32.1. The van der Waals surface area contributed by atoms with E-state index in [0.29, 0.717) is 0 Å². The highest BCUT2D eigenvalue weighted by Crippen LogP contribution is 2.24. The Bertz CT molecular complexity index is 524. The van der Waals surface area contributed by atoms with E-state index in [1.165, 1.54) is 10.9 Å². The first kappa shape index (κ1) is 13.2. The van der Waals surface area contributed by atoms with Crippen LogP contribution >= 0.6 is 11.3 Å². The van der Waals surface area contributed by atoms with Crippen LogP contribution in [-0.4, -0.2) is 4.98 Å². The molecule has 0 saturated heterocycles. The van der Waals surface area contributed by atoms with Gasteiger partial charge < -0.3 is 5.32 Å². The molecule has 2 atom stereocenters. The van der Waals surface area contributed by atoms with Gasteiger partial charge in [-0.2, -0.15) is 0 Å². The summed E-state index contributed by atoms with van der Waals surface area (Å²) in [5, 5.41) is 3.47. The van der Waals surface area contributed by atoms with Crippen molar-refractivity contribution in [2.45, 2.75) is 32.9 Å². The predicted octanol–water partition coefficient (Wildman–Crippen LogP) is 4.00. The number of hydrogen-bond donors (Lipinski definition) is 1. The van der Waals surface area contributed by atoms with Gasteiger partial charge >= 0.3 is 0 Å². The smallest absolute Gasteiger partial charge is 0.123 e. The summed E-state index contributed by atoms with van der Waals surface area (Å²) in [4.78, 5) is 5.48. The molecular weight excluding hydrogens is 247 g/mol. The van der Waals surface area contributed by atoms with Crippen molar-refractivity contribution >= 4 is 11.3 Å². The van der Waals surface area contributed by atoms with Crippen molar-refractivity contribution in [1.82, 2.24) is 10.3 Å². The number of aryl methyl sites for hydroxylation is 1. The van der Waals surface area contributed by atoms with Crippen molar-refractivity contribution in [3.63, 3.8) is 0 Å². The SMILES string of the molecule is Cc1ncsc1C(C)N[C@@H](C)c1cccc(F)c1. The number of thiazole rings is 1. The first-order valence-corrected chi connectivity index (χ1v) is 6.87. The van der Waals surface area contributed by atoms with Gasteiger partial charge in [-0.15, -0.1) is 11.3 Å². The van der Waals surface area contributed by atoms with Crippen LogP contribution in [0.15, 0.2) is 29.8 Å². The molecule has 0 bridgehead atoms. The molecule has 96 valence electrons. The second kappa shape index (κ2) is 5.59. The molecule has 0 amide bonds. The highest BCUT2D eigenvalue weighted by Gasteiger charge is 2.14. The number of aromatic nitrogens is 1. The summed E-state index contributed by atoms with van der Waals surface area (Å²) in [6, 6.07) is 7.04. The lowest BCUT2D eigenvalue weighted by atomic mass is 10.1. The van der Waals surface area contributed by atoms with Crippen LogP contribution in [0.4, 0.5) is 4.39 Å². The van der Waals surface area contributed by atoms with Crippen LogP contribution in [0.5, 0.6) is 0 Å². The maximum absolute atomic E-state index is 13.2. The fourth-order valence-electron chi connectivity index (χ4n) is 2.05. The van der Waals surface area contributed by atoms with E-state index in [0.717, 1.165) is 11.3 Å². The molecule has 0 fully saturated rings. The Kier molecular flexibility index (Phi) is 4.09. The minimum Gasteiger partial charge on any atom is -0.303 e. The van der Waals surface area contributed by atoms with Gasteiger partial charge in [0.2, 0.25) is 0 Å². The predicted molar refractivity (Wildman–Crippen MR) is 73.2 cm³/mol.